The molecule has 0 bridgehead atoms. The highest BCUT2D eigenvalue weighted by molar-refractivity contribution is 6.19. The van der Waals surface area contributed by atoms with Gasteiger partial charge in [-0.3, -0.25) is 20.2 Å². The Morgan fingerprint density at radius 3 is 1.65 bits per heavy atom. The van der Waals surface area contributed by atoms with Gasteiger partial charge in [0.05, 0.1) is 0 Å². The lowest BCUT2D eigenvalue weighted by Gasteiger charge is -2.33. The minimum absolute atomic E-state index is 0.437. The van der Waals surface area contributed by atoms with Gasteiger partial charge in [0.15, 0.2) is 0 Å². The molecule has 1 rings (SSSR count). The van der Waals surface area contributed by atoms with Crippen LogP contribution in [-0.2, 0) is 9.59 Å². The number of barbiturate groups is 1. The van der Waals surface area contributed by atoms with Crippen molar-refractivity contribution in [2.75, 3.05) is 0 Å². The van der Waals surface area contributed by atoms with E-state index in [0.29, 0.717) is 12.8 Å². The average molecular weight is 240 g/mol. The van der Waals surface area contributed by atoms with Crippen molar-refractivity contribution in [2.45, 2.75) is 52.4 Å². The second-order valence-corrected chi connectivity index (χ2v) is 4.53. The number of hydrogen-bond acceptors (Lipinski definition) is 3. The first-order valence-corrected chi connectivity index (χ1v) is 6.23. The molecule has 1 fully saturated rings. The SMILES string of the molecule is CCCCC1(CCCC)C(=O)NC(=O)NC1=O. The van der Waals surface area contributed by atoms with Crippen LogP contribution < -0.4 is 10.6 Å². The molecule has 0 aliphatic carbocycles. The Kier molecular flexibility index (Phi) is 4.66. The quantitative estimate of drug-likeness (QED) is 0.694. The summed E-state index contributed by atoms with van der Waals surface area (Å²) in [5, 5.41) is 4.42. The second-order valence-electron chi connectivity index (χ2n) is 4.53. The fourth-order valence-corrected chi connectivity index (χ4v) is 2.12. The van der Waals surface area contributed by atoms with E-state index < -0.39 is 23.3 Å². The number of carbonyl (C=O) groups is 3. The van der Waals surface area contributed by atoms with Crippen molar-refractivity contribution in [3.63, 3.8) is 0 Å². The van der Waals surface area contributed by atoms with Crippen molar-refractivity contribution in [3.05, 3.63) is 0 Å². The van der Waals surface area contributed by atoms with Crippen LogP contribution in [0.2, 0.25) is 0 Å². The van der Waals surface area contributed by atoms with Crippen molar-refractivity contribution >= 4 is 17.8 Å². The molecule has 0 aromatic heterocycles. The molecule has 5 heteroatoms. The van der Waals surface area contributed by atoms with E-state index in [9.17, 15) is 14.4 Å². The zero-order valence-corrected chi connectivity index (χ0v) is 10.5. The molecule has 1 heterocycles. The maximum Gasteiger partial charge on any atom is 0.328 e. The van der Waals surface area contributed by atoms with E-state index in [0.717, 1.165) is 25.7 Å². The minimum atomic E-state index is -1.04. The summed E-state index contributed by atoms with van der Waals surface area (Å²) in [6.45, 7) is 4.02. The molecule has 0 aromatic rings. The van der Waals surface area contributed by atoms with Crippen LogP contribution in [0, 0.1) is 5.41 Å². The van der Waals surface area contributed by atoms with Crippen molar-refractivity contribution < 1.29 is 14.4 Å². The highest BCUT2D eigenvalue weighted by atomic mass is 16.2. The van der Waals surface area contributed by atoms with Gasteiger partial charge in [-0.2, -0.15) is 0 Å². The summed E-state index contributed by atoms with van der Waals surface area (Å²) in [5.74, 6) is -0.874. The number of rotatable bonds is 6. The zero-order chi connectivity index (χ0) is 12.9. The lowest BCUT2D eigenvalue weighted by Crippen LogP contribution is -2.62. The molecule has 2 N–H and O–H groups in total. The Morgan fingerprint density at radius 1 is 0.882 bits per heavy atom. The summed E-state index contributed by atoms with van der Waals surface area (Å²) in [5.41, 5.74) is -1.04. The summed E-state index contributed by atoms with van der Waals surface area (Å²) < 4.78 is 0. The van der Waals surface area contributed by atoms with Crippen molar-refractivity contribution in [1.82, 2.24) is 10.6 Å². The van der Waals surface area contributed by atoms with Gasteiger partial charge < -0.3 is 0 Å². The Labute approximate surface area is 101 Å². The van der Waals surface area contributed by atoms with E-state index in [1.807, 2.05) is 13.8 Å². The number of amides is 4. The molecule has 0 atom stereocenters. The summed E-state index contributed by atoms with van der Waals surface area (Å²) in [7, 11) is 0. The fraction of sp³-hybridized carbons (Fsp3) is 0.750. The van der Waals surface area contributed by atoms with E-state index in [2.05, 4.69) is 10.6 Å². The van der Waals surface area contributed by atoms with Gasteiger partial charge >= 0.3 is 6.03 Å². The van der Waals surface area contributed by atoms with E-state index in [1.165, 1.54) is 0 Å². The van der Waals surface area contributed by atoms with Gasteiger partial charge in [0.25, 0.3) is 0 Å². The number of nitrogens with one attached hydrogen (secondary N) is 2. The van der Waals surface area contributed by atoms with Crippen LogP contribution in [0.1, 0.15) is 52.4 Å². The standard InChI is InChI=1S/C12H20N2O3/c1-3-5-7-12(8-6-4-2)9(15)13-11(17)14-10(12)16/h3-8H2,1-2H3,(H2,13,14,15,16,17). The molecule has 0 radical (unpaired) electrons. The Bertz CT molecular complexity index is 296. The molecular formula is C12H20N2O3. The molecule has 0 saturated carbocycles. The number of hydrogen-bond donors (Lipinski definition) is 2. The fourth-order valence-electron chi connectivity index (χ4n) is 2.12. The summed E-state index contributed by atoms with van der Waals surface area (Å²) in [6.07, 6.45) is 4.46. The van der Waals surface area contributed by atoms with Gasteiger partial charge in [0.2, 0.25) is 11.8 Å². The molecule has 5 nitrogen and oxygen atoms in total. The van der Waals surface area contributed by atoms with E-state index in [1.54, 1.807) is 0 Å². The first kappa shape index (κ1) is 13.7. The highest BCUT2D eigenvalue weighted by Crippen LogP contribution is 2.33. The summed E-state index contributed by atoms with van der Waals surface area (Å²) >= 11 is 0. The lowest BCUT2D eigenvalue weighted by atomic mass is 9.75. The monoisotopic (exact) mass is 240 g/mol. The number of imide groups is 2. The van der Waals surface area contributed by atoms with Gasteiger partial charge in [-0.05, 0) is 12.8 Å². The highest BCUT2D eigenvalue weighted by Gasteiger charge is 2.48. The second kappa shape index (κ2) is 5.80. The molecule has 17 heavy (non-hydrogen) atoms. The molecule has 4 amide bonds. The van der Waals surface area contributed by atoms with E-state index in [-0.39, 0.29) is 0 Å². The van der Waals surface area contributed by atoms with Crippen molar-refractivity contribution in [2.24, 2.45) is 5.41 Å². The Hall–Kier alpha value is -1.39. The van der Waals surface area contributed by atoms with Crippen LogP contribution in [-0.4, -0.2) is 17.8 Å². The first-order chi connectivity index (χ1) is 8.06. The summed E-state index contributed by atoms with van der Waals surface area (Å²) in [6, 6.07) is -0.705. The van der Waals surface area contributed by atoms with Crippen LogP contribution in [0.15, 0.2) is 0 Å². The Balaban J connectivity index is 2.89. The topological polar surface area (TPSA) is 75.3 Å². The van der Waals surface area contributed by atoms with Crippen LogP contribution in [0.5, 0.6) is 0 Å². The predicted octanol–water partition coefficient (Wildman–Crippen LogP) is 1.72. The molecular weight excluding hydrogens is 220 g/mol. The average Bonchev–Trinajstić information content (AvgIpc) is 2.27. The molecule has 0 unspecified atom stereocenters. The molecule has 1 aliphatic rings. The maximum absolute atomic E-state index is 12.0. The molecule has 0 aromatic carbocycles. The largest absolute Gasteiger partial charge is 0.328 e. The third kappa shape index (κ3) is 2.84. The van der Waals surface area contributed by atoms with E-state index in [4.69, 9.17) is 0 Å². The molecule has 0 spiro atoms. The normalized spacial score (nSPS) is 18.8. The van der Waals surface area contributed by atoms with Crippen LogP contribution in [0.25, 0.3) is 0 Å². The van der Waals surface area contributed by atoms with Crippen molar-refractivity contribution in [3.8, 4) is 0 Å². The van der Waals surface area contributed by atoms with Gasteiger partial charge in [-0.15, -0.1) is 0 Å². The number of urea groups is 1. The third-order valence-corrected chi connectivity index (χ3v) is 3.24. The van der Waals surface area contributed by atoms with Gasteiger partial charge in [0, 0.05) is 0 Å². The van der Waals surface area contributed by atoms with Crippen LogP contribution >= 0.6 is 0 Å². The number of unbranched alkanes of at least 4 members (excludes halogenated alkanes) is 2. The number of carbonyl (C=O) groups excluding carboxylic acids is 3. The summed E-state index contributed by atoms with van der Waals surface area (Å²) in [4.78, 5) is 35.0. The van der Waals surface area contributed by atoms with Gasteiger partial charge in [-0.1, -0.05) is 39.5 Å². The molecule has 96 valence electrons. The molecule has 1 saturated heterocycles. The minimum Gasteiger partial charge on any atom is -0.277 e. The zero-order valence-electron chi connectivity index (χ0n) is 10.5. The third-order valence-electron chi connectivity index (χ3n) is 3.24. The van der Waals surface area contributed by atoms with Crippen LogP contribution in [0.4, 0.5) is 4.79 Å². The smallest absolute Gasteiger partial charge is 0.277 e. The van der Waals surface area contributed by atoms with Gasteiger partial charge in [-0.25, -0.2) is 4.79 Å². The Morgan fingerprint density at radius 2 is 1.29 bits per heavy atom. The lowest BCUT2D eigenvalue weighted by molar-refractivity contribution is -0.145. The van der Waals surface area contributed by atoms with Crippen LogP contribution in [0.3, 0.4) is 0 Å². The maximum atomic E-state index is 12.0. The van der Waals surface area contributed by atoms with Gasteiger partial charge in [0.1, 0.15) is 5.41 Å². The van der Waals surface area contributed by atoms with E-state index >= 15 is 0 Å². The first-order valence-electron chi connectivity index (χ1n) is 6.23. The molecule has 1 aliphatic heterocycles. The van der Waals surface area contributed by atoms with Crippen molar-refractivity contribution in [1.29, 1.82) is 0 Å². The predicted molar refractivity (Wildman–Crippen MR) is 63.2 cm³/mol.